The Hall–Kier alpha value is -0.740. The van der Waals surface area contributed by atoms with Gasteiger partial charge in [-0.2, -0.15) is 0 Å². The highest BCUT2D eigenvalue weighted by Crippen LogP contribution is 2.38. The molecule has 2 nitrogen and oxygen atoms in total. The number of hydrogen-bond acceptors (Lipinski definition) is 2. The molecule has 0 amide bonds. The highest BCUT2D eigenvalue weighted by atomic mass is 32.2. The average molecular weight is 269 g/mol. The van der Waals surface area contributed by atoms with Crippen molar-refractivity contribution >= 4 is 10.8 Å². The van der Waals surface area contributed by atoms with E-state index in [-0.39, 0.29) is 17.1 Å². The maximum atomic E-state index is 13.3. The highest BCUT2D eigenvalue weighted by molar-refractivity contribution is 7.86. The molecule has 4 heteroatoms. The Balaban J connectivity index is 2.33. The minimum Gasteiger partial charge on any atom is -0.309 e. The molecule has 1 aliphatic heterocycles. The number of fused-ring (bicyclic) bond motifs is 1. The van der Waals surface area contributed by atoms with Gasteiger partial charge in [0, 0.05) is 10.9 Å². The van der Waals surface area contributed by atoms with Crippen LogP contribution in [-0.4, -0.2) is 16.0 Å². The molecule has 1 heterocycles. The molecule has 18 heavy (non-hydrogen) atoms. The van der Waals surface area contributed by atoms with E-state index in [0.29, 0.717) is 4.90 Å². The van der Waals surface area contributed by atoms with Crippen LogP contribution in [0.25, 0.3) is 0 Å². The summed E-state index contributed by atoms with van der Waals surface area (Å²) >= 11 is 0. The Labute approximate surface area is 110 Å². The topological polar surface area (TPSA) is 29.1 Å². The molecule has 2 rings (SSSR count). The lowest BCUT2D eigenvalue weighted by molar-refractivity contribution is 0.492. The molecule has 0 spiro atoms. The van der Waals surface area contributed by atoms with Crippen LogP contribution in [0.5, 0.6) is 0 Å². The third kappa shape index (κ3) is 2.50. The van der Waals surface area contributed by atoms with E-state index in [0.717, 1.165) is 31.4 Å². The quantitative estimate of drug-likeness (QED) is 0.889. The third-order valence-corrected chi connectivity index (χ3v) is 5.21. The molecule has 0 saturated carbocycles. The van der Waals surface area contributed by atoms with Crippen molar-refractivity contribution in [1.82, 2.24) is 5.32 Å². The van der Waals surface area contributed by atoms with Crippen molar-refractivity contribution in [3.8, 4) is 0 Å². The predicted octanol–water partition coefficient (Wildman–Crippen LogP) is 3.16. The molecule has 0 saturated heterocycles. The lowest BCUT2D eigenvalue weighted by Crippen LogP contribution is -2.30. The second-order valence-corrected chi connectivity index (χ2v) is 6.38. The van der Waals surface area contributed by atoms with Crippen molar-refractivity contribution in [2.24, 2.45) is 0 Å². The van der Waals surface area contributed by atoms with Gasteiger partial charge in [0.25, 0.3) is 0 Å². The molecule has 3 unspecified atom stereocenters. The number of nitrogens with one attached hydrogen (secondary N) is 1. The fourth-order valence-corrected chi connectivity index (χ4v) is 4.45. The SMILES string of the molecule is CCCNC1c2ccc(F)cc2S(=O)C1CCC. The summed E-state index contributed by atoms with van der Waals surface area (Å²) in [5, 5.41) is 3.54. The molecule has 0 aromatic heterocycles. The van der Waals surface area contributed by atoms with Crippen molar-refractivity contribution in [3.63, 3.8) is 0 Å². The number of hydrogen-bond donors (Lipinski definition) is 1. The first-order chi connectivity index (χ1) is 8.69. The van der Waals surface area contributed by atoms with Crippen LogP contribution in [0.4, 0.5) is 4.39 Å². The average Bonchev–Trinajstić information content (AvgIpc) is 2.61. The maximum absolute atomic E-state index is 13.3. The maximum Gasteiger partial charge on any atom is 0.124 e. The summed E-state index contributed by atoms with van der Waals surface area (Å²) in [6.07, 6.45) is 2.94. The summed E-state index contributed by atoms with van der Waals surface area (Å²) in [5.41, 5.74) is 1.02. The standard InChI is InChI=1S/C14H20FNOS/c1-3-5-12-14(16-8-4-2)11-7-6-10(15)9-13(11)18(12)17/h6-7,9,12,14,16H,3-5,8H2,1-2H3. The molecule has 0 radical (unpaired) electrons. The zero-order valence-corrected chi connectivity index (χ0v) is 11.7. The van der Waals surface area contributed by atoms with E-state index in [4.69, 9.17) is 0 Å². The monoisotopic (exact) mass is 269 g/mol. The van der Waals surface area contributed by atoms with Crippen LogP contribution in [0.2, 0.25) is 0 Å². The van der Waals surface area contributed by atoms with E-state index in [1.807, 2.05) is 0 Å². The van der Waals surface area contributed by atoms with Gasteiger partial charge in [0.1, 0.15) is 5.82 Å². The van der Waals surface area contributed by atoms with Gasteiger partial charge in [-0.25, -0.2) is 4.39 Å². The number of halogens is 1. The second kappa shape index (κ2) is 5.93. The van der Waals surface area contributed by atoms with E-state index in [9.17, 15) is 8.60 Å². The van der Waals surface area contributed by atoms with Crippen molar-refractivity contribution in [3.05, 3.63) is 29.6 Å². The Kier molecular flexibility index (Phi) is 4.51. The van der Waals surface area contributed by atoms with Crippen LogP contribution in [0.3, 0.4) is 0 Å². The first kappa shape index (κ1) is 13.7. The largest absolute Gasteiger partial charge is 0.309 e. The molecular weight excluding hydrogens is 249 g/mol. The van der Waals surface area contributed by atoms with Crippen molar-refractivity contribution in [2.75, 3.05) is 6.54 Å². The minimum atomic E-state index is -1.08. The smallest absolute Gasteiger partial charge is 0.124 e. The summed E-state index contributed by atoms with van der Waals surface area (Å²) in [4.78, 5) is 0.682. The predicted molar refractivity (Wildman–Crippen MR) is 72.5 cm³/mol. The van der Waals surface area contributed by atoms with Crippen LogP contribution >= 0.6 is 0 Å². The van der Waals surface area contributed by atoms with Crippen LogP contribution in [0.15, 0.2) is 23.1 Å². The van der Waals surface area contributed by atoms with E-state index >= 15 is 0 Å². The van der Waals surface area contributed by atoms with Gasteiger partial charge in [0.05, 0.1) is 16.0 Å². The first-order valence-electron chi connectivity index (χ1n) is 6.62. The second-order valence-electron chi connectivity index (χ2n) is 4.74. The van der Waals surface area contributed by atoms with Gasteiger partial charge in [-0.05, 0) is 37.1 Å². The van der Waals surface area contributed by atoms with Crippen LogP contribution in [-0.2, 0) is 10.8 Å². The number of benzene rings is 1. The van der Waals surface area contributed by atoms with Crippen molar-refractivity contribution < 1.29 is 8.60 Å². The first-order valence-corrected chi connectivity index (χ1v) is 7.83. The van der Waals surface area contributed by atoms with Crippen molar-refractivity contribution in [1.29, 1.82) is 0 Å². The van der Waals surface area contributed by atoms with E-state index in [2.05, 4.69) is 19.2 Å². The fourth-order valence-electron chi connectivity index (χ4n) is 2.53. The van der Waals surface area contributed by atoms with Gasteiger partial charge in [-0.3, -0.25) is 4.21 Å². The van der Waals surface area contributed by atoms with Crippen LogP contribution in [0, 0.1) is 5.82 Å². The van der Waals surface area contributed by atoms with Gasteiger partial charge in [0.15, 0.2) is 0 Å². The van der Waals surface area contributed by atoms with Gasteiger partial charge in [-0.15, -0.1) is 0 Å². The van der Waals surface area contributed by atoms with E-state index in [1.165, 1.54) is 12.1 Å². The van der Waals surface area contributed by atoms with Gasteiger partial charge in [-0.1, -0.05) is 26.3 Å². The zero-order valence-electron chi connectivity index (χ0n) is 10.9. The van der Waals surface area contributed by atoms with E-state index < -0.39 is 10.8 Å². The van der Waals surface area contributed by atoms with Gasteiger partial charge >= 0.3 is 0 Å². The van der Waals surface area contributed by atoms with Gasteiger partial charge in [0.2, 0.25) is 0 Å². The molecule has 3 atom stereocenters. The third-order valence-electron chi connectivity index (χ3n) is 3.36. The molecular formula is C14H20FNOS. The molecule has 1 aromatic rings. The van der Waals surface area contributed by atoms with Crippen LogP contribution in [0.1, 0.15) is 44.7 Å². The zero-order chi connectivity index (χ0) is 13.1. The Morgan fingerprint density at radius 2 is 2.11 bits per heavy atom. The Morgan fingerprint density at radius 3 is 2.78 bits per heavy atom. The molecule has 1 aromatic carbocycles. The lowest BCUT2D eigenvalue weighted by atomic mass is 10.0. The fraction of sp³-hybridized carbons (Fsp3) is 0.571. The molecule has 1 aliphatic rings. The Morgan fingerprint density at radius 1 is 1.33 bits per heavy atom. The number of rotatable bonds is 5. The van der Waals surface area contributed by atoms with Crippen LogP contribution < -0.4 is 5.32 Å². The molecule has 0 aliphatic carbocycles. The minimum absolute atomic E-state index is 0.0818. The summed E-state index contributed by atoms with van der Waals surface area (Å²) < 4.78 is 25.7. The van der Waals surface area contributed by atoms with Gasteiger partial charge < -0.3 is 5.32 Å². The molecule has 1 N–H and O–H groups in total. The van der Waals surface area contributed by atoms with Crippen molar-refractivity contribution in [2.45, 2.75) is 49.3 Å². The molecule has 0 bridgehead atoms. The highest BCUT2D eigenvalue weighted by Gasteiger charge is 2.37. The lowest BCUT2D eigenvalue weighted by Gasteiger charge is -2.20. The summed E-state index contributed by atoms with van der Waals surface area (Å²) in [6, 6.07) is 4.79. The van der Waals surface area contributed by atoms with E-state index in [1.54, 1.807) is 6.07 Å². The molecule has 0 fully saturated rings. The molecule has 100 valence electrons. The normalized spacial score (nSPS) is 26.3. The Bertz CT molecular complexity index is 449. The summed E-state index contributed by atoms with van der Waals surface area (Å²) in [7, 11) is -1.08. The summed E-state index contributed by atoms with van der Waals surface area (Å²) in [5.74, 6) is -0.298. The summed E-state index contributed by atoms with van der Waals surface area (Å²) in [6.45, 7) is 5.11.